The third-order valence-corrected chi connectivity index (χ3v) is 7.69. The monoisotopic (exact) mass is 479 g/mol. The molecule has 1 atom stereocenters. The van der Waals surface area contributed by atoms with Crippen molar-refractivity contribution in [2.45, 2.75) is 77.0 Å². The average molecular weight is 480 g/mol. The van der Waals surface area contributed by atoms with Crippen molar-refractivity contribution in [1.82, 2.24) is 14.7 Å². The van der Waals surface area contributed by atoms with E-state index in [0.717, 1.165) is 49.8 Å². The first kappa shape index (κ1) is 23.6. The van der Waals surface area contributed by atoms with Crippen LogP contribution in [0.5, 0.6) is 0 Å². The number of benzene rings is 1. The molecule has 3 heterocycles. The number of carbonyl (C=O) groups excluding carboxylic acids is 3. The van der Waals surface area contributed by atoms with Gasteiger partial charge in [0.1, 0.15) is 5.60 Å². The molecule has 2 aromatic rings. The van der Waals surface area contributed by atoms with Gasteiger partial charge in [-0.3, -0.25) is 14.3 Å². The summed E-state index contributed by atoms with van der Waals surface area (Å²) in [4.78, 5) is 40.5. The first-order chi connectivity index (χ1) is 17.0. The number of rotatable bonds is 6. The van der Waals surface area contributed by atoms with Gasteiger partial charge in [0.25, 0.3) is 0 Å². The van der Waals surface area contributed by atoms with E-state index in [-0.39, 0.29) is 24.9 Å². The standard InChI is InChI=1S/C27H33N3O5/c1-2-34-26(33)24-20-18-29(25(32)21-17-23(31)35-27(21)13-7-4-8-14-27)15-12-22(20)30(28-24)16-11-19-9-5-3-6-10-19/h3,5-6,9-10,21H,2,4,7-8,11-18H2,1H3. The van der Waals surface area contributed by atoms with Crippen LogP contribution in [0.1, 0.15) is 72.8 Å². The van der Waals surface area contributed by atoms with Gasteiger partial charge in [0.05, 0.1) is 18.9 Å². The molecule has 1 amide bonds. The summed E-state index contributed by atoms with van der Waals surface area (Å²) in [5.74, 6) is -1.23. The molecule has 186 valence electrons. The van der Waals surface area contributed by atoms with Crippen LogP contribution in [0.4, 0.5) is 0 Å². The molecular weight excluding hydrogens is 446 g/mol. The van der Waals surface area contributed by atoms with Crippen molar-refractivity contribution in [2.75, 3.05) is 13.2 Å². The zero-order chi connectivity index (χ0) is 24.4. The number of nitrogens with zero attached hydrogens (tertiary/aromatic N) is 3. The first-order valence-corrected chi connectivity index (χ1v) is 12.8. The smallest absolute Gasteiger partial charge is 0.359 e. The Labute approximate surface area is 205 Å². The van der Waals surface area contributed by atoms with Gasteiger partial charge in [0, 0.05) is 37.3 Å². The molecular formula is C27H33N3O5. The number of hydrogen-bond acceptors (Lipinski definition) is 6. The SMILES string of the molecule is CCOC(=O)c1nn(CCc2ccccc2)c2c1CN(C(=O)C1CC(=O)OC13CCCCC3)CC2. The molecule has 8 nitrogen and oxygen atoms in total. The Morgan fingerprint density at radius 2 is 1.94 bits per heavy atom. The Morgan fingerprint density at radius 1 is 1.17 bits per heavy atom. The lowest BCUT2D eigenvalue weighted by Crippen LogP contribution is -2.48. The highest BCUT2D eigenvalue weighted by molar-refractivity contribution is 5.91. The van der Waals surface area contributed by atoms with Crippen molar-refractivity contribution in [3.05, 3.63) is 52.8 Å². The first-order valence-electron chi connectivity index (χ1n) is 12.8. The number of ether oxygens (including phenoxy) is 2. The van der Waals surface area contributed by atoms with Gasteiger partial charge in [-0.05, 0) is 44.6 Å². The van der Waals surface area contributed by atoms with Crippen LogP contribution in [0.2, 0.25) is 0 Å². The highest BCUT2D eigenvalue weighted by Crippen LogP contribution is 2.45. The third-order valence-electron chi connectivity index (χ3n) is 7.69. The van der Waals surface area contributed by atoms with Gasteiger partial charge in [-0.15, -0.1) is 0 Å². The van der Waals surface area contributed by atoms with Crippen LogP contribution in [0.15, 0.2) is 30.3 Å². The predicted molar refractivity (Wildman–Crippen MR) is 127 cm³/mol. The minimum absolute atomic E-state index is 0.0461. The summed E-state index contributed by atoms with van der Waals surface area (Å²) in [7, 11) is 0. The topological polar surface area (TPSA) is 90.7 Å². The summed E-state index contributed by atoms with van der Waals surface area (Å²) in [6, 6.07) is 10.2. The Hall–Kier alpha value is -3.16. The summed E-state index contributed by atoms with van der Waals surface area (Å²) < 4.78 is 13.0. The van der Waals surface area contributed by atoms with E-state index < -0.39 is 17.5 Å². The molecule has 3 aliphatic rings. The van der Waals surface area contributed by atoms with Gasteiger partial charge in [-0.1, -0.05) is 36.8 Å². The van der Waals surface area contributed by atoms with E-state index in [2.05, 4.69) is 17.2 Å². The summed E-state index contributed by atoms with van der Waals surface area (Å²) in [5.41, 5.74) is 2.58. The van der Waals surface area contributed by atoms with Gasteiger partial charge in [-0.2, -0.15) is 5.10 Å². The Bertz CT molecular complexity index is 1100. The fourth-order valence-electron chi connectivity index (χ4n) is 5.93. The van der Waals surface area contributed by atoms with Crippen molar-refractivity contribution >= 4 is 17.8 Å². The van der Waals surface area contributed by atoms with Crippen LogP contribution in [0, 0.1) is 5.92 Å². The fraction of sp³-hybridized carbons (Fsp3) is 0.556. The highest BCUT2D eigenvalue weighted by atomic mass is 16.6. The number of aromatic nitrogens is 2. The molecule has 35 heavy (non-hydrogen) atoms. The molecule has 0 N–H and O–H groups in total. The van der Waals surface area contributed by atoms with E-state index in [1.54, 1.807) is 11.8 Å². The van der Waals surface area contributed by atoms with Crippen LogP contribution in [0.25, 0.3) is 0 Å². The number of fused-ring (bicyclic) bond motifs is 1. The minimum atomic E-state index is -0.656. The summed E-state index contributed by atoms with van der Waals surface area (Å²) in [6.07, 6.45) is 6.10. The second-order valence-corrected chi connectivity index (χ2v) is 9.82. The quantitative estimate of drug-likeness (QED) is 0.590. The van der Waals surface area contributed by atoms with Crippen LogP contribution >= 0.6 is 0 Å². The summed E-state index contributed by atoms with van der Waals surface area (Å²) in [5, 5.41) is 4.64. The zero-order valence-electron chi connectivity index (χ0n) is 20.3. The molecule has 1 saturated carbocycles. The van der Waals surface area contributed by atoms with E-state index in [1.165, 1.54) is 5.56 Å². The molecule has 1 aromatic heterocycles. The molecule has 2 aliphatic heterocycles. The summed E-state index contributed by atoms with van der Waals surface area (Å²) >= 11 is 0. The minimum Gasteiger partial charge on any atom is -0.461 e. The third kappa shape index (κ3) is 4.58. The van der Waals surface area contributed by atoms with Gasteiger partial charge in [-0.25, -0.2) is 4.79 Å². The molecule has 1 unspecified atom stereocenters. The number of amides is 1. The second kappa shape index (κ2) is 9.84. The van der Waals surface area contributed by atoms with Gasteiger partial charge in [0.2, 0.25) is 5.91 Å². The van der Waals surface area contributed by atoms with Crippen LogP contribution in [0.3, 0.4) is 0 Å². The molecule has 1 saturated heterocycles. The molecule has 1 aromatic carbocycles. The Morgan fingerprint density at radius 3 is 2.69 bits per heavy atom. The second-order valence-electron chi connectivity index (χ2n) is 9.82. The Balaban J connectivity index is 1.38. The molecule has 1 aliphatic carbocycles. The average Bonchev–Trinajstić information content (AvgIpc) is 3.40. The lowest BCUT2D eigenvalue weighted by molar-refractivity contribution is -0.156. The molecule has 2 fully saturated rings. The molecule has 0 bridgehead atoms. The van der Waals surface area contributed by atoms with Crippen LogP contribution in [-0.4, -0.2) is 51.3 Å². The van der Waals surface area contributed by atoms with Gasteiger partial charge in [0.15, 0.2) is 5.69 Å². The molecule has 1 spiro atoms. The van der Waals surface area contributed by atoms with Crippen molar-refractivity contribution in [3.63, 3.8) is 0 Å². The molecule has 0 radical (unpaired) electrons. The predicted octanol–water partition coefficient (Wildman–Crippen LogP) is 3.45. The van der Waals surface area contributed by atoms with E-state index in [1.807, 2.05) is 22.9 Å². The van der Waals surface area contributed by atoms with E-state index in [9.17, 15) is 14.4 Å². The van der Waals surface area contributed by atoms with E-state index >= 15 is 0 Å². The van der Waals surface area contributed by atoms with Gasteiger partial charge < -0.3 is 14.4 Å². The number of carbonyl (C=O) groups is 3. The maximum atomic E-state index is 13.7. The largest absolute Gasteiger partial charge is 0.461 e. The normalized spacial score (nSPS) is 21.0. The van der Waals surface area contributed by atoms with E-state index in [4.69, 9.17) is 9.47 Å². The van der Waals surface area contributed by atoms with Crippen molar-refractivity contribution in [3.8, 4) is 0 Å². The highest BCUT2D eigenvalue weighted by Gasteiger charge is 2.54. The van der Waals surface area contributed by atoms with E-state index in [0.29, 0.717) is 31.7 Å². The number of hydrogen-bond donors (Lipinski definition) is 0. The van der Waals surface area contributed by atoms with Crippen molar-refractivity contribution < 1.29 is 23.9 Å². The maximum Gasteiger partial charge on any atom is 0.359 e. The van der Waals surface area contributed by atoms with Gasteiger partial charge >= 0.3 is 11.9 Å². The maximum absolute atomic E-state index is 13.7. The molecule has 8 heteroatoms. The van der Waals surface area contributed by atoms with Crippen LogP contribution < -0.4 is 0 Å². The van der Waals surface area contributed by atoms with Crippen molar-refractivity contribution in [1.29, 1.82) is 0 Å². The van der Waals surface area contributed by atoms with Crippen LogP contribution in [-0.2, 0) is 45.0 Å². The summed E-state index contributed by atoms with van der Waals surface area (Å²) in [6.45, 7) is 3.51. The number of esters is 2. The zero-order valence-corrected chi connectivity index (χ0v) is 20.3. The lowest BCUT2D eigenvalue weighted by Gasteiger charge is -2.39. The molecule has 5 rings (SSSR count). The fourth-order valence-corrected chi connectivity index (χ4v) is 5.93. The lowest BCUT2D eigenvalue weighted by atomic mass is 9.75. The van der Waals surface area contributed by atoms with Crippen molar-refractivity contribution in [2.24, 2.45) is 5.92 Å². The number of aryl methyl sites for hydroxylation is 2. The Kier molecular flexibility index (Phi) is 6.62.